The summed E-state index contributed by atoms with van der Waals surface area (Å²) in [4.78, 5) is 11.3. The normalized spacial score (nSPS) is 11.5. The van der Waals surface area contributed by atoms with Crippen molar-refractivity contribution < 1.29 is 9.53 Å². The van der Waals surface area contributed by atoms with E-state index in [0.717, 1.165) is 16.8 Å². The van der Waals surface area contributed by atoms with Gasteiger partial charge in [-0.15, -0.1) is 12.4 Å². The van der Waals surface area contributed by atoms with Gasteiger partial charge in [-0.1, -0.05) is 18.2 Å². The van der Waals surface area contributed by atoms with Gasteiger partial charge in [0.15, 0.2) is 0 Å². The number of ether oxygens (including phenoxy) is 1. The fourth-order valence-electron chi connectivity index (χ4n) is 1.77. The highest BCUT2D eigenvalue weighted by Gasteiger charge is 2.14. The van der Waals surface area contributed by atoms with E-state index in [0.29, 0.717) is 6.42 Å². The molecule has 3 N–H and O–H groups in total. The average Bonchev–Trinajstić information content (AvgIpc) is 2.92. The van der Waals surface area contributed by atoms with Crippen LogP contribution in [0.5, 0.6) is 0 Å². The summed E-state index contributed by atoms with van der Waals surface area (Å²) in [5, 5.41) is 6.80. The topological polar surface area (TPSA) is 81.0 Å². The van der Waals surface area contributed by atoms with E-state index in [1.54, 1.807) is 6.20 Å². The van der Waals surface area contributed by atoms with E-state index in [2.05, 4.69) is 14.9 Å². The van der Waals surface area contributed by atoms with E-state index < -0.39 is 12.0 Å². The lowest BCUT2D eigenvalue weighted by Crippen LogP contribution is -2.33. The molecule has 2 rings (SSSR count). The first kappa shape index (κ1) is 15.2. The second-order valence-electron chi connectivity index (χ2n) is 4.00. The summed E-state index contributed by atoms with van der Waals surface area (Å²) in [6.45, 7) is 0. The monoisotopic (exact) mass is 281 g/mol. The Morgan fingerprint density at radius 2 is 2.26 bits per heavy atom. The molecule has 6 heteroatoms. The zero-order valence-corrected chi connectivity index (χ0v) is 11.3. The van der Waals surface area contributed by atoms with Gasteiger partial charge in [0.05, 0.1) is 12.8 Å². The van der Waals surface area contributed by atoms with Crippen LogP contribution in [0.15, 0.2) is 36.5 Å². The molecule has 2 aromatic rings. The second-order valence-corrected chi connectivity index (χ2v) is 4.00. The van der Waals surface area contributed by atoms with Gasteiger partial charge >= 0.3 is 5.97 Å². The molecule has 0 saturated carbocycles. The van der Waals surface area contributed by atoms with Crippen molar-refractivity contribution in [3.05, 3.63) is 42.1 Å². The molecule has 0 amide bonds. The molecule has 0 unspecified atom stereocenters. The summed E-state index contributed by atoms with van der Waals surface area (Å²) in [5.41, 5.74) is 8.67. The molecule has 0 aliphatic heterocycles. The SMILES string of the molecule is COC(=O)[C@H](N)Cc1cccc(-c2ccn[nH]2)c1.Cl. The van der Waals surface area contributed by atoms with Crippen LogP contribution in [0.25, 0.3) is 11.3 Å². The van der Waals surface area contributed by atoms with Crippen LogP contribution in [-0.4, -0.2) is 29.3 Å². The molecule has 102 valence electrons. The number of aromatic nitrogens is 2. The smallest absolute Gasteiger partial charge is 0.322 e. The third-order valence-electron chi connectivity index (χ3n) is 2.70. The highest BCUT2D eigenvalue weighted by molar-refractivity contribution is 5.85. The highest BCUT2D eigenvalue weighted by Crippen LogP contribution is 2.18. The number of methoxy groups -OCH3 is 1. The molecule has 1 atom stereocenters. The average molecular weight is 282 g/mol. The number of nitrogens with two attached hydrogens (primary N) is 1. The van der Waals surface area contributed by atoms with Crippen molar-refractivity contribution in [2.75, 3.05) is 7.11 Å². The number of aromatic amines is 1. The van der Waals surface area contributed by atoms with Crippen LogP contribution in [0.4, 0.5) is 0 Å². The van der Waals surface area contributed by atoms with Crippen molar-refractivity contribution in [1.82, 2.24) is 10.2 Å². The van der Waals surface area contributed by atoms with Crippen LogP contribution < -0.4 is 5.73 Å². The Labute approximate surface area is 117 Å². The van der Waals surface area contributed by atoms with Crippen molar-refractivity contribution >= 4 is 18.4 Å². The minimum Gasteiger partial charge on any atom is -0.468 e. The molecule has 0 saturated heterocycles. The number of hydrogen-bond acceptors (Lipinski definition) is 4. The molecule has 0 spiro atoms. The summed E-state index contributed by atoms with van der Waals surface area (Å²) in [5.74, 6) is -0.401. The van der Waals surface area contributed by atoms with Gasteiger partial charge < -0.3 is 10.5 Å². The third kappa shape index (κ3) is 3.81. The first-order valence-electron chi connectivity index (χ1n) is 5.63. The van der Waals surface area contributed by atoms with Crippen molar-refractivity contribution in [2.24, 2.45) is 5.73 Å². The van der Waals surface area contributed by atoms with Crippen LogP contribution in [0.3, 0.4) is 0 Å². The van der Waals surface area contributed by atoms with E-state index in [-0.39, 0.29) is 12.4 Å². The number of carbonyl (C=O) groups excluding carboxylic acids is 1. The van der Waals surface area contributed by atoms with Crippen LogP contribution in [0.2, 0.25) is 0 Å². The maximum atomic E-state index is 11.3. The molecular weight excluding hydrogens is 266 g/mol. The largest absolute Gasteiger partial charge is 0.468 e. The number of esters is 1. The lowest BCUT2D eigenvalue weighted by atomic mass is 10.0. The fourth-order valence-corrected chi connectivity index (χ4v) is 1.77. The van der Waals surface area contributed by atoms with Gasteiger partial charge in [-0.3, -0.25) is 9.89 Å². The van der Waals surface area contributed by atoms with Crippen molar-refractivity contribution in [1.29, 1.82) is 0 Å². The summed E-state index contributed by atoms with van der Waals surface area (Å²) < 4.78 is 4.61. The number of nitrogens with one attached hydrogen (secondary N) is 1. The number of benzene rings is 1. The predicted octanol–water partition coefficient (Wildman–Crippen LogP) is 1.54. The van der Waals surface area contributed by atoms with E-state index >= 15 is 0 Å². The zero-order chi connectivity index (χ0) is 13.0. The number of H-pyrrole nitrogens is 1. The first-order valence-corrected chi connectivity index (χ1v) is 5.63. The molecule has 1 aromatic carbocycles. The Bertz CT molecular complexity index is 528. The maximum Gasteiger partial charge on any atom is 0.322 e. The summed E-state index contributed by atoms with van der Waals surface area (Å²) >= 11 is 0. The Morgan fingerprint density at radius 3 is 2.89 bits per heavy atom. The Morgan fingerprint density at radius 1 is 1.47 bits per heavy atom. The molecule has 0 aliphatic carbocycles. The molecule has 0 radical (unpaired) electrons. The summed E-state index contributed by atoms with van der Waals surface area (Å²) in [6, 6.07) is 9.07. The molecule has 0 aliphatic rings. The van der Waals surface area contributed by atoms with E-state index in [1.807, 2.05) is 30.3 Å². The second kappa shape index (κ2) is 6.92. The lowest BCUT2D eigenvalue weighted by Gasteiger charge is -2.09. The zero-order valence-electron chi connectivity index (χ0n) is 10.5. The summed E-state index contributed by atoms with van der Waals surface area (Å²) in [6.07, 6.45) is 2.15. The molecule has 1 aromatic heterocycles. The molecule has 0 bridgehead atoms. The van der Waals surface area contributed by atoms with E-state index in [9.17, 15) is 4.79 Å². The van der Waals surface area contributed by atoms with Gasteiger partial charge in [-0.05, 0) is 29.7 Å². The quantitative estimate of drug-likeness (QED) is 0.833. The highest BCUT2D eigenvalue weighted by atomic mass is 35.5. The number of carbonyl (C=O) groups is 1. The minimum atomic E-state index is -0.632. The molecular formula is C13H16ClN3O2. The van der Waals surface area contributed by atoms with Gasteiger partial charge in [0, 0.05) is 6.20 Å². The number of nitrogens with zero attached hydrogens (tertiary/aromatic N) is 1. The van der Waals surface area contributed by atoms with Crippen molar-refractivity contribution in [3.8, 4) is 11.3 Å². The van der Waals surface area contributed by atoms with Gasteiger partial charge in [0.1, 0.15) is 6.04 Å². The molecule has 5 nitrogen and oxygen atoms in total. The Kier molecular flexibility index (Phi) is 5.54. The van der Waals surface area contributed by atoms with Gasteiger partial charge in [0.2, 0.25) is 0 Å². The van der Waals surface area contributed by atoms with Crippen LogP contribution in [0, 0.1) is 0 Å². The Balaban J connectivity index is 0.00000180. The Hall–Kier alpha value is -1.85. The van der Waals surface area contributed by atoms with Crippen LogP contribution in [-0.2, 0) is 16.0 Å². The molecule has 0 fully saturated rings. The minimum absolute atomic E-state index is 0. The predicted molar refractivity (Wildman–Crippen MR) is 75.0 cm³/mol. The maximum absolute atomic E-state index is 11.3. The van der Waals surface area contributed by atoms with Gasteiger partial charge in [-0.2, -0.15) is 5.10 Å². The fraction of sp³-hybridized carbons (Fsp3) is 0.231. The number of hydrogen-bond donors (Lipinski definition) is 2. The van der Waals surface area contributed by atoms with E-state index in [1.165, 1.54) is 7.11 Å². The molecule has 1 heterocycles. The number of halogens is 1. The first-order chi connectivity index (χ1) is 8.70. The van der Waals surface area contributed by atoms with Gasteiger partial charge in [-0.25, -0.2) is 0 Å². The van der Waals surface area contributed by atoms with Crippen molar-refractivity contribution in [2.45, 2.75) is 12.5 Å². The molecule has 19 heavy (non-hydrogen) atoms. The van der Waals surface area contributed by atoms with Crippen LogP contribution in [0.1, 0.15) is 5.56 Å². The number of rotatable bonds is 4. The van der Waals surface area contributed by atoms with Gasteiger partial charge in [0.25, 0.3) is 0 Å². The summed E-state index contributed by atoms with van der Waals surface area (Å²) in [7, 11) is 1.34. The standard InChI is InChI=1S/C13H15N3O2.ClH/c1-18-13(17)11(14)8-9-3-2-4-10(7-9)12-5-6-15-16-12;/h2-7,11H,8,14H2,1H3,(H,15,16);1H/t11-;/m1./s1. The van der Waals surface area contributed by atoms with E-state index in [4.69, 9.17) is 5.73 Å². The van der Waals surface area contributed by atoms with Crippen molar-refractivity contribution in [3.63, 3.8) is 0 Å². The lowest BCUT2D eigenvalue weighted by molar-refractivity contribution is -0.142. The third-order valence-corrected chi connectivity index (χ3v) is 2.70. The van der Waals surface area contributed by atoms with Crippen LogP contribution >= 0.6 is 12.4 Å².